The van der Waals surface area contributed by atoms with Crippen LogP contribution < -0.4 is 5.32 Å². The fourth-order valence-corrected chi connectivity index (χ4v) is 2.04. The number of imidazole rings is 1. The Hall–Kier alpha value is -2.61. The number of amides is 1. The summed E-state index contributed by atoms with van der Waals surface area (Å²) in [6, 6.07) is 3.34. The second-order valence-corrected chi connectivity index (χ2v) is 4.99. The largest absolute Gasteiger partial charge is 0.306 e. The van der Waals surface area contributed by atoms with Gasteiger partial charge in [0.05, 0.1) is 5.56 Å². The number of anilines is 1. The van der Waals surface area contributed by atoms with Crippen LogP contribution in [-0.4, -0.2) is 30.4 Å². The third-order valence-electron chi connectivity index (χ3n) is 2.63. The normalized spacial score (nSPS) is 10.3. The highest BCUT2D eigenvalue weighted by atomic mass is 79.9. The highest BCUT2D eigenvalue weighted by Gasteiger charge is 2.09. The van der Waals surface area contributed by atoms with E-state index in [1.54, 1.807) is 41.6 Å². The molecule has 0 spiro atoms. The summed E-state index contributed by atoms with van der Waals surface area (Å²) in [5, 5.41) is 2.70. The first-order chi connectivity index (χ1) is 10.2. The predicted octanol–water partition coefficient (Wildman–Crippen LogP) is 2.07. The molecule has 0 saturated heterocycles. The maximum atomic E-state index is 12.1. The lowest BCUT2D eigenvalue weighted by atomic mass is 10.3. The van der Waals surface area contributed by atoms with Crippen molar-refractivity contribution in [3.8, 4) is 5.82 Å². The van der Waals surface area contributed by atoms with Crippen LogP contribution in [0.15, 0.2) is 54.0 Å². The van der Waals surface area contributed by atoms with E-state index in [2.05, 4.69) is 41.2 Å². The summed E-state index contributed by atoms with van der Waals surface area (Å²) in [5.74, 6) is 0.725. The van der Waals surface area contributed by atoms with Gasteiger partial charge in [-0.25, -0.2) is 15.0 Å². The predicted molar refractivity (Wildman–Crippen MR) is 79.0 cm³/mol. The third-order valence-corrected chi connectivity index (χ3v) is 3.06. The van der Waals surface area contributed by atoms with Crippen LogP contribution in [0.4, 0.5) is 5.82 Å². The van der Waals surface area contributed by atoms with E-state index < -0.39 is 0 Å². The molecule has 0 saturated carbocycles. The van der Waals surface area contributed by atoms with Crippen LogP contribution in [0, 0.1) is 0 Å². The SMILES string of the molecule is O=C(Nc1cc(-n2ccnc2)ncn1)c1cncc(Br)c1. The van der Waals surface area contributed by atoms with Gasteiger partial charge in [-0.15, -0.1) is 0 Å². The van der Waals surface area contributed by atoms with Gasteiger partial charge in [0.1, 0.15) is 24.3 Å². The molecule has 104 valence electrons. The van der Waals surface area contributed by atoms with Gasteiger partial charge < -0.3 is 5.32 Å². The van der Waals surface area contributed by atoms with Crippen LogP contribution in [0.5, 0.6) is 0 Å². The number of pyridine rings is 1. The van der Waals surface area contributed by atoms with Gasteiger partial charge in [0, 0.05) is 35.3 Å². The van der Waals surface area contributed by atoms with E-state index in [4.69, 9.17) is 0 Å². The molecule has 8 heteroatoms. The first-order valence-corrected chi connectivity index (χ1v) is 6.74. The maximum Gasteiger partial charge on any atom is 0.258 e. The van der Waals surface area contributed by atoms with E-state index in [0.717, 1.165) is 4.47 Å². The fourth-order valence-electron chi connectivity index (χ4n) is 1.68. The molecular weight excluding hydrogens is 336 g/mol. The number of rotatable bonds is 3. The van der Waals surface area contributed by atoms with Gasteiger partial charge in [0.25, 0.3) is 5.91 Å². The van der Waals surface area contributed by atoms with Crippen LogP contribution >= 0.6 is 15.9 Å². The minimum absolute atomic E-state index is 0.293. The zero-order valence-electron chi connectivity index (χ0n) is 10.6. The van der Waals surface area contributed by atoms with Crippen molar-refractivity contribution in [2.75, 3.05) is 5.32 Å². The number of halogens is 1. The van der Waals surface area contributed by atoms with E-state index in [-0.39, 0.29) is 5.91 Å². The first kappa shape index (κ1) is 13.4. The average Bonchev–Trinajstić information content (AvgIpc) is 3.02. The standard InChI is InChI=1S/C13H9BrN6O/c14-10-3-9(5-16-6-10)13(21)19-11-4-12(18-7-17-11)20-2-1-15-8-20/h1-8H,(H,17,18,19,21). The molecule has 0 radical (unpaired) electrons. The minimum atomic E-state index is -0.293. The molecule has 0 unspecified atom stereocenters. The minimum Gasteiger partial charge on any atom is -0.306 e. The quantitative estimate of drug-likeness (QED) is 0.785. The van der Waals surface area contributed by atoms with Gasteiger partial charge in [-0.05, 0) is 22.0 Å². The molecular formula is C13H9BrN6O. The van der Waals surface area contributed by atoms with E-state index >= 15 is 0 Å². The molecule has 0 aromatic carbocycles. The third kappa shape index (κ3) is 3.11. The molecule has 3 heterocycles. The maximum absolute atomic E-state index is 12.1. The molecule has 0 aliphatic heterocycles. The highest BCUT2D eigenvalue weighted by Crippen LogP contribution is 2.13. The Kier molecular flexibility index (Phi) is 3.69. The van der Waals surface area contributed by atoms with Crippen molar-refractivity contribution in [2.45, 2.75) is 0 Å². The van der Waals surface area contributed by atoms with Crippen LogP contribution in [0.3, 0.4) is 0 Å². The summed E-state index contributed by atoms with van der Waals surface area (Å²) in [6.07, 6.45) is 9.49. The van der Waals surface area contributed by atoms with Gasteiger partial charge in [-0.2, -0.15) is 0 Å². The molecule has 0 aliphatic rings. The molecule has 0 atom stereocenters. The Morgan fingerprint density at radius 2 is 2.10 bits per heavy atom. The summed E-state index contributed by atoms with van der Waals surface area (Å²) in [5.41, 5.74) is 0.437. The van der Waals surface area contributed by atoms with Gasteiger partial charge >= 0.3 is 0 Å². The molecule has 1 N–H and O–H groups in total. The van der Waals surface area contributed by atoms with Crippen LogP contribution in [0.25, 0.3) is 5.82 Å². The van der Waals surface area contributed by atoms with Crippen LogP contribution in [0.1, 0.15) is 10.4 Å². The summed E-state index contributed by atoms with van der Waals surface area (Å²) in [4.78, 5) is 28.2. The van der Waals surface area contributed by atoms with E-state index in [9.17, 15) is 4.79 Å². The van der Waals surface area contributed by atoms with Crippen molar-refractivity contribution in [3.05, 3.63) is 59.6 Å². The number of aromatic nitrogens is 5. The first-order valence-electron chi connectivity index (χ1n) is 5.94. The highest BCUT2D eigenvalue weighted by molar-refractivity contribution is 9.10. The number of nitrogens with one attached hydrogen (secondary N) is 1. The topological polar surface area (TPSA) is 85.6 Å². The Morgan fingerprint density at radius 3 is 2.86 bits per heavy atom. The lowest BCUT2D eigenvalue weighted by Crippen LogP contribution is -2.13. The van der Waals surface area contributed by atoms with Gasteiger partial charge in [0.2, 0.25) is 0 Å². The van der Waals surface area contributed by atoms with E-state index in [1.165, 1.54) is 12.5 Å². The number of carbonyl (C=O) groups excluding carboxylic acids is 1. The fraction of sp³-hybridized carbons (Fsp3) is 0. The lowest BCUT2D eigenvalue weighted by Gasteiger charge is -2.06. The van der Waals surface area contributed by atoms with Gasteiger partial charge in [-0.3, -0.25) is 14.3 Å². The molecule has 3 aromatic heterocycles. The molecule has 0 bridgehead atoms. The van der Waals surface area contributed by atoms with Crippen molar-refractivity contribution in [2.24, 2.45) is 0 Å². The summed E-state index contributed by atoms with van der Waals surface area (Å²) in [6.45, 7) is 0. The van der Waals surface area contributed by atoms with Crippen LogP contribution in [-0.2, 0) is 0 Å². The summed E-state index contributed by atoms with van der Waals surface area (Å²) < 4.78 is 2.45. The van der Waals surface area contributed by atoms with E-state index in [1.807, 2.05) is 0 Å². The number of hydrogen-bond donors (Lipinski definition) is 1. The molecule has 1 amide bonds. The Balaban J connectivity index is 1.82. The number of carbonyl (C=O) groups is 1. The molecule has 3 aromatic rings. The Morgan fingerprint density at radius 1 is 1.19 bits per heavy atom. The van der Waals surface area contributed by atoms with Gasteiger partial charge in [0.15, 0.2) is 0 Å². The summed E-state index contributed by atoms with van der Waals surface area (Å²) in [7, 11) is 0. The van der Waals surface area contributed by atoms with Gasteiger partial charge in [-0.1, -0.05) is 0 Å². The van der Waals surface area contributed by atoms with Crippen molar-refractivity contribution in [3.63, 3.8) is 0 Å². The zero-order valence-corrected chi connectivity index (χ0v) is 12.2. The monoisotopic (exact) mass is 344 g/mol. The molecule has 21 heavy (non-hydrogen) atoms. The van der Waals surface area contributed by atoms with Crippen molar-refractivity contribution < 1.29 is 4.79 Å². The average molecular weight is 345 g/mol. The van der Waals surface area contributed by atoms with Crippen molar-refractivity contribution >= 4 is 27.7 Å². The van der Waals surface area contributed by atoms with Crippen LogP contribution in [0.2, 0.25) is 0 Å². The molecule has 7 nitrogen and oxygen atoms in total. The zero-order chi connectivity index (χ0) is 14.7. The summed E-state index contributed by atoms with van der Waals surface area (Å²) >= 11 is 3.28. The smallest absolute Gasteiger partial charge is 0.258 e. The Labute approximate surface area is 128 Å². The number of hydrogen-bond acceptors (Lipinski definition) is 5. The Bertz CT molecular complexity index is 774. The van der Waals surface area contributed by atoms with E-state index in [0.29, 0.717) is 17.2 Å². The van der Waals surface area contributed by atoms with Crippen molar-refractivity contribution in [1.82, 2.24) is 24.5 Å². The molecule has 0 fully saturated rings. The molecule has 3 rings (SSSR count). The lowest BCUT2D eigenvalue weighted by molar-refractivity contribution is 0.102. The second-order valence-electron chi connectivity index (χ2n) is 4.08. The number of nitrogens with zero attached hydrogens (tertiary/aromatic N) is 5. The second kappa shape index (κ2) is 5.80. The van der Waals surface area contributed by atoms with Crippen molar-refractivity contribution in [1.29, 1.82) is 0 Å². The molecule has 0 aliphatic carbocycles.